The summed E-state index contributed by atoms with van der Waals surface area (Å²) < 4.78 is 0. The number of nitrogens with zero attached hydrogens (tertiary/aromatic N) is 5. The van der Waals surface area contributed by atoms with E-state index in [1.54, 1.807) is 0 Å². The summed E-state index contributed by atoms with van der Waals surface area (Å²) in [6.45, 7) is 13.7. The molecule has 1 aliphatic rings. The minimum atomic E-state index is 0.843. The molecular weight excluding hydrogens is 334 g/mol. The maximum Gasteiger partial charge on any atom is 0.227 e. The summed E-state index contributed by atoms with van der Waals surface area (Å²) in [5.41, 5.74) is 5.16. The van der Waals surface area contributed by atoms with Crippen LogP contribution in [0.25, 0.3) is 0 Å². The SMILES string of the molecule is CCCCN(C)c1nc(C)cc(N2CCN(c3cccc(C)c3C)CC2)n1. The van der Waals surface area contributed by atoms with E-state index in [0.29, 0.717) is 0 Å². The average molecular weight is 368 g/mol. The van der Waals surface area contributed by atoms with Gasteiger partial charge < -0.3 is 14.7 Å². The Labute approximate surface area is 164 Å². The molecule has 1 saturated heterocycles. The van der Waals surface area contributed by atoms with Gasteiger partial charge in [-0.25, -0.2) is 4.98 Å². The van der Waals surface area contributed by atoms with E-state index in [1.807, 2.05) is 0 Å². The van der Waals surface area contributed by atoms with Crippen molar-refractivity contribution in [2.45, 2.75) is 40.5 Å². The molecule has 1 aromatic heterocycles. The fraction of sp³-hybridized carbons (Fsp3) is 0.545. The molecule has 0 bridgehead atoms. The van der Waals surface area contributed by atoms with Gasteiger partial charge >= 0.3 is 0 Å². The lowest BCUT2D eigenvalue weighted by Crippen LogP contribution is -2.47. The zero-order valence-electron chi connectivity index (χ0n) is 17.5. The van der Waals surface area contributed by atoms with Crippen molar-refractivity contribution in [1.29, 1.82) is 0 Å². The first-order valence-corrected chi connectivity index (χ1v) is 10.1. The van der Waals surface area contributed by atoms with Gasteiger partial charge in [0.05, 0.1) is 0 Å². The van der Waals surface area contributed by atoms with Gasteiger partial charge in [0.25, 0.3) is 0 Å². The van der Waals surface area contributed by atoms with E-state index in [4.69, 9.17) is 4.98 Å². The molecule has 5 nitrogen and oxygen atoms in total. The van der Waals surface area contributed by atoms with Gasteiger partial charge in [0.15, 0.2) is 0 Å². The van der Waals surface area contributed by atoms with Gasteiger partial charge in [0.2, 0.25) is 5.95 Å². The molecule has 0 radical (unpaired) electrons. The Morgan fingerprint density at radius 3 is 2.41 bits per heavy atom. The van der Waals surface area contributed by atoms with Gasteiger partial charge in [-0.15, -0.1) is 0 Å². The van der Waals surface area contributed by atoms with Crippen molar-refractivity contribution in [1.82, 2.24) is 9.97 Å². The normalized spacial score (nSPS) is 14.6. The van der Waals surface area contributed by atoms with Crippen molar-refractivity contribution < 1.29 is 0 Å². The highest BCUT2D eigenvalue weighted by atomic mass is 15.3. The zero-order chi connectivity index (χ0) is 19.4. The van der Waals surface area contributed by atoms with Crippen LogP contribution in [0, 0.1) is 20.8 Å². The summed E-state index contributed by atoms with van der Waals surface area (Å²) in [5.74, 6) is 1.90. The quantitative estimate of drug-likeness (QED) is 0.772. The van der Waals surface area contributed by atoms with E-state index in [-0.39, 0.29) is 0 Å². The molecule has 146 valence electrons. The van der Waals surface area contributed by atoms with Gasteiger partial charge in [-0.2, -0.15) is 4.98 Å². The predicted molar refractivity (Wildman–Crippen MR) is 115 cm³/mol. The van der Waals surface area contributed by atoms with Crippen LogP contribution >= 0.6 is 0 Å². The van der Waals surface area contributed by atoms with Crippen molar-refractivity contribution in [2.75, 3.05) is 54.5 Å². The molecule has 0 amide bonds. The summed E-state index contributed by atoms with van der Waals surface area (Å²) in [7, 11) is 2.09. The Bertz CT molecular complexity index is 765. The van der Waals surface area contributed by atoms with Crippen LogP contribution in [-0.2, 0) is 0 Å². The van der Waals surface area contributed by atoms with Crippen LogP contribution in [0.15, 0.2) is 24.3 Å². The van der Waals surface area contributed by atoms with Crippen LogP contribution in [0.5, 0.6) is 0 Å². The lowest BCUT2D eigenvalue weighted by Gasteiger charge is -2.37. The van der Waals surface area contributed by atoms with Crippen molar-refractivity contribution in [2.24, 2.45) is 0 Å². The average Bonchev–Trinajstić information content (AvgIpc) is 2.68. The minimum Gasteiger partial charge on any atom is -0.368 e. The van der Waals surface area contributed by atoms with Crippen LogP contribution < -0.4 is 14.7 Å². The highest BCUT2D eigenvalue weighted by Gasteiger charge is 2.21. The molecule has 2 heterocycles. The number of rotatable bonds is 6. The van der Waals surface area contributed by atoms with Gasteiger partial charge in [-0.3, -0.25) is 0 Å². The Morgan fingerprint density at radius 1 is 1.00 bits per heavy atom. The second-order valence-corrected chi connectivity index (χ2v) is 7.64. The predicted octanol–water partition coefficient (Wildman–Crippen LogP) is 3.96. The third-order valence-electron chi connectivity index (χ3n) is 5.54. The Hall–Kier alpha value is -2.30. The van der Waals surface area contributed by atoms with E-state index >= 15 is 0 Å². The van der Waals surface area contributed by atoms with Gasteiger partial charge in [-0.05, 0) is 44.4 Å². The molecule has 2 aromatic rings. The molecule has 27 heavy (non-hydrogen) atoms. The molecule has 0 aliphatic carbocycles. The largest absolute Gasteiger partial charge is 0.368 e. The first-order chi connectivity index (χ1) is 13.0. The second kappa shape index (κ2) is 8.59. The number of unbranched alkanes of at least 4 members (excludes halogenated alkanes) is 1. The first-order valence-electron chi connectivity index (χ1n) is 10.1. The van der Waals surface area contributed by atoms with E-state index < -0.39 is 0 Å². The molecule has 5 heteroatoms. The van der Waals surface area contributed by atoms with Crippen LogP contribution in [0.2, 0.25) is 0 Å². The number of benzene rings is 1. The van der Waals surface area contributed by atoms with Crippen LogP contribution in [-0.4, -0.2) is 49.7 Å². The standard InChI is InChI=1S/C22H33N5/c1-6-7-11-25(5)22-23-18(3)16-21(24-22)27-14-12-26(13-15-27)20-10-8-9-17(2)19(20)4/h8-10,16H,6-7,11-15H2,1-5H3. The fourth-order valence-corrected chi connectivity index (χ4v) is 3.62. The van der Waals surface area contributed by atoms with E-state index in [9.17, 15) is 0 Å². The molecular formula is C22H33N5. The van der Waals surface area contributed by atoms with E-state index in [0.717, 1.165) is 56.6 Å². The van der Waals surface area contributed by atoms with Crippen LogP contribution in [0.4, 0.5) is 17.5 Å². The smallest absolute Gasteiger partial charge is 0.227 e. The maximum absolute atomic E-state index is 4.86. The zero-order valence-corrected chi connectivity index (χ0v) is 17.5. The van der Waals surface area contributed by atoms with Gasteiger partial charge in [-0.1, -0.05) is 25.5 Å². The number of piperazine rings is 1. The van der Waals surface area contributed by atoms with Crippen LogP contribution in [0.3, 0.4) is 0 Å². The number of hydrogen-bond acceptors (Lipinski definition) is 5. The minimum absolute atomic E-state index is 0.843. The lowest BCUT2D eigenvalue weighted by atomic mass is 10.1. The van der Waals surface area contributed by atoms with E-state index in [1.165, 1.54) is 23.2 Å². The summed E-state index contributed by atoms with van der Waals surface area (Å²) in [6, 6.07) is 8.71. The summed E-state index contributed by atoms with van der Waals surface area (Å²) in [4.78, 5) is 16.6. The fourth-order valence-electron chi connectivity index (χ4n) is 3.62. The maximum atomic E-state index is 4.86. The van der Waals surface area contributed by atoms with Gasteiger partial charge in [0.1, 0.15) is 5.82 Å². The summed E-state index contributed by atoms with van der Waals surface area (Å²) >= 11 is 0. The second-order valence-electron chi connectivity index (χ2n) is 7.64. The third-order valence-corrected chi connectivity index (χ3v) is 5.54. The number of hydrogen-bond donors (Lipinski definition) is 0. The molecule has 0 spiro atoms. The number of aromatic nitrogens is 2. The van der Waals surface area contributed by atoms with Crippen molar-refractivity contribution in [3.8, 4) is 0 Å². The monoisotopic (exact) mass is 367 g/mol. The highest BCUT2D eigenvalue weighted by molar-refractivity contribution is 5.57. The van der Waals surface area contributed by atoms with Crippen LogP contribution in [0.1, 0.15) is 36.6 Å². The molecule has 0 N–H and O–H groups in total. The number of anilines is 3. The first kappa shape index (κ1) is 19.5. The van der Waals surface area contributed by atoms with Gasteiger partial charge in [0, 0.05) is 57.2 Å². The Kier molecular flexibility index (Phi) is 6.19. The lowest BCUT2D eigenvalue weighted by molar-refractivity contribution is 0.644. The Balaban J connectivity index is 1.70. The van der Waals surface area contributed by atoms with Crippen molar-refractivity contribution in [3.63, 3.8) is 0 Å². The van der Waals surface area contributed by atoms with Crippen molar-refractivity contribution >= 4 is 17.5 Å². The molecule has 1 fully saturated rings. The molecule has 0 saturated carbocycles. The molecule has 1 aliphatic heterocycles. The summed E-state index contributed by atoms with van der Waals surface area (Å²) in [6.07, 6.45) is 2.35. The molecule has 0 atom stereocenters. The van der Waals surface area contributed by atoms with E-state index in [2.05, 4.69) is 78.7 Å². The molecule has 3 rings (SSSR count). The molecule has 1 aromatic carbocycles. The summed E-state index contributed by atoms with van der Waals surface area (Å²) in [5, 5.41) is 0. The Morgan fingerprint density at radius 2 is 1.70 bits per heavy atom. The molecule has 0 unspecified atom stereocenters. The number of aryl methyl sites for hydroxylation is 2. The van der Waals surface area contributed by atoms with Crippen molar-refractivity contribution in [3.05, 3.63) is 41.1 Å². The topological polar surface area (TPSA) is 35.5 Å². The highest BCUT2D eigenvalue weighted by Crippen LogP contribution is 2.25. The third kappa shape index (κ3) is 4.52.